The summed E-state index contributed by atoms with van der Waals surface area (Å²) in [6.45, 7) is 4.10. The van der Waals surface area contributed by atoms with Gasteiger partial charge in [0.05, 0.1) is 23.8 Å². The Bertz CT molecular complexity index is 1200. The fourth-order valence-electron chi connectivity index (χ4n) is 5.14. The van der Waals surface area contributed by atoms with Gasteiger partial charge in [0.25, 0.3) is 0 Å². The summed E-state index contributed by atoms with van der Waals surface area (Å²) < 4.78 is 0. The standard InChI is InChI=1S/C24H27N7/c1-2-4-16(3-1)20-14-26-15-21-23(20)19-11-17(12-28-24(19)30-21)29-22-6-5-18(13-27-22)31-9-7-25-8-10-31/h5-6,11-16,25H,1-4,7-10H2,(H,27,29)(H,28,30)/p+1. The number of aromatic nitrogens is 4. The number of anilines is 3. The number of pyridine rings is 3. The van der Waals surface area contributed by atoms with Crippen molar-refractivity contribution in [2.75, 3.05) is 36.4 Å². The van der Waals surface area contributed by atoms with Crippen molar-refractivity contribution in [2.24, 2.45) is 0 Å². The van der Waals surface area contributed by atoms with Gasteiger partial charge in [0.15, 0.2) is 12.4 Å². The molecule has 4 N–H and O–H groups in total. The highest BCUT2D eigenvalue weighted by Gasteiger charge is 2.23. The van der Waals surface area contributed by atoms with E-state index in [1.165, 1.54) is 47.7 Å². The molecule has 0 unspecified atom stereocenters. The number of fused-ring (bicyclic) bond motifs is 3. The average Bonchev–Trinajstić information content (AvgIpc) is 3.48. The van der Waals surface area contributed by atoms with E-state index in [-0.39, 0.29) is 0 Å². The molecule has 6 rings (SSSR count). The van der Waals surface area contributed by atoms with Crippen molar-refractivity contribution in [1.82, 2.24) is 20.3 Å². The maximum absolute atomic E-state index is 4.70. The van der Waals surface area contributed by atoms with E-state index in [1.807, 2.05) is 18.6 Å². The lowest BCUT2D eigenvalue weighted by Crippen LogP contribution is -2.43. The lowest BCUT2D eigenvalue weighted by Gasteiger charge is -2.29. The number of aromatic amines is 2. The molecule has 0 atom stereocenters. The molecule has 7 heteroatoms. The van der Waals surface area contributed by atoms with Crippen LogP contribution in [0.1, 0.15) is 37.2 Å². The second kappa shape index (κ2) is 7.81. The highest BCUT2D eigenvalue weighted by molar-refractivity contribution is 6.08. The summed E-state index contributed by atoms with van der Waals surface area (Å²) in [5.74, 6) is 1.47. The van der Waals surface area contributed by atoms with Gasteiger partial charge in [0, 0.05) is 42.5 Å². The molecule has 2 fully saturated rings. The summed E-state index contributed by atoms with van der Waals surface area (Å²) in [4.78, 5) is 18.5. The van der Waals surface area contributed by atoms with Gasteiger partial charge in [0.2, 0.25) is 0 Å². The zero-order valence-corrected chi connectivity index (χ0v) is 17.6. The van der Waals surface area contributed by atoms with Gasteiger partial charge in [0.1, 0.15) is 17.0 Å². The number of nitrogens with zero attached hydrogens (tertiary/aromatic N) is 3. The number of nitrogens with one attached hydrogen (secondary N) is 4. The van der Waals surface area contributed by atoms with Gasteiger partial charge in [-0.2, -0.15) is 0 Å². The van der Waals surface area contributed by atoms with E-state index in [2.05, 4.69) is 54.9 Å². The Morgan fingerprint density at radius 1 is 1.03 bits per heavy atom. The minimum Gasteiger partial charge on any atom is -0.368 e. The minimum atomic E-state index is 0.634. The molecular weight excluding hydrogens is 386 g/mol. The molecule has 0 radical (unpaired) electrons. The topological polar surface area (TPSA) is 83.0 Å². The highest BCUT2D eigenvalue weighted by atomic mass is 15.2. The zero-order valence-electron chi connectivity index (χ0n) is 17.6. The molecule has 1 saturated heterocycles. The Morgan fingerprint density at radius 2 is 1.90 bits per heavy atom. The zero-order chi connectivity index (χ0) is 20.6. The van der Waals surface area contributed by atoms with Crippen molar-refractivity contribution in [1.29, 1.82) is 0 Å². The molecule has 5 heterocycles. The maximum atomic E-state index is 4.70. The van der Waals surface area contributed by atoms with Crippen LogP contribution >= 0.6 is 0 Å². The molecule has 158 valence electrons. The predicted octanol–water partition coefficient (Wildman–Crippen LogP) is 3.74. The Labute approximate surface area is 181 Å². The smallest absolute Gasteiger partial charge is 0.191 e. The van der Waals surface area contributed by atoms with Gasteiger partial charge in [-0.05, 0) is 37.0 Å². The van der Waals surface area contributed by atoms with E-state index in [0.29, 0.717) is 5.92 Å². The highest BCUT2D eigenvalue weighted by Crippen LogP contribution is 2.39. The predicted molar refractivity (Wildman–Crippen MR) is 124 cm³/mol. The largest absolute Gasteiger partial charge is 0.368 e. The Kier molecular flexibility index (Phi) is 4.68. The van der Waals surface area contributed by atoms with Crippen molar-refractivity contribution in [3.8, 4) is 0 Å². The first-order valence-corrected chi connectivity index (χ1v) is 11.4. The molecule has 1 saturated carbocycles. The van der Waals surface area contributed by atoms with Crippen LogP contribution in [-0.4, -0.2) is 41.1 Å². The molecule has 0 spiro atoms. The molecule has 4 aromatic heterocycles. The van der Waals surface area contributed by atoms with Crippen LogP contribution in [0.25, 0.3) is 21.9 Å². The van der Waals surface area contributed by atoms with Gasteiger partial charge in [-0.1, -0.05) is 12.8 Å². The molecule has 0 aromatic carbocycles. The summed E-state index contributed by atoms with van der Waals surface area (Å²) in [6, 6.07) is 6.40. The SMILES string of the molecule is c1nc2[nH]c3c[nH+]cc(C4CCCC4)c3c2cc1Nc1ccc(N2CCNCC2)cn1. The number of rotatable bonds is 4. The minimum absolute atomic E-state index is 0.634. The van der Waals surface area contributed by atoms with Crippen LogP contribution in [0.2, 0.25) is 0 Å². The summed E-state index contributed by atoms with van der Waals surface area (Å²) in [5.41, 5.74) is 5.61. The van der Waals surface area contributed by atoms with E-state index in [1.54, 1.807) is 0 Å². The van der Waals surface area contributed by atoms with Crippen LogP contribution in [0.4, 0.5) is 17.2 Å². The van der Waals surface area contributed by atoms with Gasteiger partial charge in [-0.3, -0.25) is 0 Å². The third-order valence-electron chi connectivity index (χ3n) is 6.73. The van der Waals surface area contributed by atoms with Crippen LogP contribution in [-0.2, 0) is 0 Å². The summed E-state index contributed by atoms with van der Waals surface area (Å²) in [6.07, 6.45) is 13.2. The Hall–Kier alpha value is -3.19. The van der Waals surface area contributed by atoms with Crippen LogP contribution < -0.4 is 20.5 Å². The van der Waals surface area contributed by atoms with Crippen LogP contribution in [0.5, 0.6) is 0 Å². The molecule has 7 nitrogen and oxygen atoms in total. The van der Waals surface area contributed by atoms with E-state index in [4.69, 9.17) is 4.98 Å². The first-order chi connectivity index (χ1) is 15.3. The maximum Gasteiger partial charge on any atom is 0.191 e. The Balaban J connectivity index is 1.31. The normalized spacial score (nSPS) is 17.6. The number of piperazine rings is 1. The third kappa shape index (κ3) is 3.49. The van der Waals surface area contributed by atoms with Crippen molar-refractivity contribution < 1.29 is 4.98 Å². The number of hydrogen-bond donors (Lipinski definition) is 3. The quantitative estimate of drug-likeness (QED) is 0.474. The van der Waals surface area contributed by atoms with Gasteiger partial charge in [-0.15, -0.1) is 0 Å². The molecular formula is C24H28N7+. The molecule has 4 aromatic rings. The Morgan fingerprint density at radius 3 is 2.71 bits per heavy atom. The molecule has 31 heavy (non-hydrogen) atoms. The first-order valence-electron chi connectivity index (χ1n) is 11.4. The fourth-order valence-corrected chi connectivity index (χ4v) is 5.14. The molecule has 0 bridgehead atoms. The monoisotopic (exact) mass is 414 g/mol. The summed E-state index contributed by atoms with van der Waals surface area (Å²) in [5, 5.41) is 9.31. The second-order valence-corrected chi connectivity index (χ2v) is 8.69. The fraction of sp³-hybridized carbons (Fsp3) is 0.375. The number of hydrogen-bond acceptors (Lipinski definition) is 5. The molecule has 1 aliphatic carbocycles. The summed E-state index contributed by atoms with van der Waals surface area (Å²) >= 11 is 0. The molecule has 2 aliphatic rings. The van der Waals surface area contributed by atoms with Crippen LogP contribution in [0, 0.1) is 0 Å². The van der Waals surface area contributed by atoms with Crippen LogP contribution in [0.3, 0.4) is 0 Å². The lowest BCUT2D eigenvalue weighted by molar-refractivity contribution is -0.376. The first kappa shape index (κ1) is 18.6. The van der Waals surface area contributed by atoms with Gasteiger partial charge < -0.3 is 20.5 Å². The van der Waals surface area contributed by atoms with Crippen LogP contribution in [0.15, 0.2) is 43.0 Å². The van der Waals surface area contributed by atoms with Crippen molar-refractivity contribution in [2.45, 2.75) is 31.6 Å². The van der Waals surface area contributed by atoms with Gasteiger partial charge in [-0.25, -0.2) is 15.0 Å². The van der Waals surface area contributed by atoms with Crippen molar-refractivity contribution >= 4 is 39.1 Å². The van der Waals surface area contributed by atoms with E-state index in [9.17, 15) is 0 Å². The third-order valence-corrected chi connectivity index (χ3v) is 6.73. The van der Waals surface area contributed by atoms with Crippen molar-refractivity contribution in [3.05, 3.63) is 48.5 Å². The van der Waals surface area contributed by atoms with E-state index in [0.717, 1.165) is 48.8 Å². The second-order valence-electron chi connectivity index (χ2n) is 8.69. The molecule has 1 aliphatic heterocycles. The van der Waals surface area contributed by atoms with E-state index >= 15 is 0 Å². The number of H-pyrrole nitrogens is 2. The average molecular weight is 415 g/mol. The van der Waals surface area contributed by atoms with Gasteiger partial charge >= 0.3 is 0 Å². The van der Waals surface area contributed by atoms with E-state index < -0.39 is 0 Å². The summed E-state index contributed by atoms with van der Waals surface area (Å²) in [7, 11) is 0. The van der Waals surface area contributed by atoms with Crippen molar-refractivity contribution in [3.63, 3.8) is 0 Å². The molecule has 0 amide bonds. The lowest BCUT2D eigenvalue weighted by atomic mass is 9.95.